The summed E-state index contributed by atoms with van der Waals surface area (Å²) in [5, 5.41) is 0. The minimum atomic E-state index is -0.885. The third kappa shape index (κ3) is 1.14. The number of imidazole rings is 1. The van der Waals surface area contributed by atoms with Gasteiger partial charge in [0.25, 0.3) is 0 Å². The van der Waals surface area contributed by atoms with Crippen molar-refractivity contribution in [2.45, 2.75) is 12.2 Å². The fraction of sp³-hybridized carbons (Fsp3) is 0.571. The molecule has 3 nitrogen and oxygen atoms in total. The zero-order chi connectivity index (χ0) is 7.68. The summed E-state index contributed by atoms with van der Waals surface area (Å²) < 4.78 is 19.7. The lowest BCUT2D eigenvalue weighted by molar-refractivity contribution is 0.172. The fourth-order valence-electron chi connectivity index (χ4n) is 1.26. The molecule has 60 valence electrons. The first-order valence-electron chi connectivity index (χ1n) is 3.57. The zero-order valence-electron chi connectivity index (χ0n) is 5.98. The number of nitrogens with zero attached hydrogens (tertiary/aromatic N) is 2. The van der Waals surface area contributed by atoms with Crippen LogP contribution in [0.25, 0.3) is 0 Å². The summed E-state index contributed by atoms with van der Waals surface area (Å²) in [7, 11) is 0. The van der Waals surface area contributed by atoms with Gasteiger partial charge in [0.05, 0.1) is 25.6 Å². The smallest absolute Gasteiger partial charge is 0.146 e. The molecule has 0 saturated carbocycles. The molecule has 0 bridgehead atoms. The van der Waals surface area contributed by atoms with Crippen molar-refractivity contribution in [3.63, 3.8) is 0 Å². The Bertz CT molecular complexity index is 224. The Morgan fingerprint density at radius 2 is 2.45 bits per heavy atom. The molecule has 2 rings (SSSR count). The first-order chi connectivity index (χ1) is 5.38. The van der Waals surface area contributed by atoms with Crippen LogP contribution in [0.4, 0.5) is 4.39 Å². The Labute approximate surface area is 63.8 Å². The highest BCUT2D eigenvalue weighted by Crippen LogP contribution is 2.21. The van der Waals surface area contributed by atoms with Crippen LogP contribution in [-0.4, -0.2) is 28.9 Å². The van der Waals surface area contributed by atoms with Crippen LogP contribution in [0.5, 0.6) is 0 Å². The highest BCUT2D eigenvalue weighted by atomic mass is 19.1. The molecule has 1 fully saturated rings. The Morgan fingerprint density at radius 3 is 3.00 bits per heavy atom. The Hall–Kier alpha value is -0.900. The fourth-order valence-corrected chi connectivity index (χ4v) is 1.26. The summed E-state index contributed by atoms with van der Waals surface area (Å²) in [6.07, 6.45) is 4.13. The lowest BCUT2D eigenvalue weighted by atomic mass is 10.2. The summed E-state index contributed by atoms with van der Waals surface area (Å²) in [6, 6.07) is -0.169. The summed E-state index contributed by atoms with van der Waals surface area (Å²) in [5.41, 5.74) is 0. The molecule has 11 heavy (non-hydrogen) atoms. The third-order valence-electron chi connectivity index (χ3n) is 1.89. The number of hydrogen-bond acceptors (Lipinski definition) is 2. The van der Waals surface area contributed by atoms with E-state index in [-0.39, 0.29) is 12.6 Å². The third-order valence-corrected chi connectivity index (χ3v) is 1.89. The minimum Gasteiger partial charge on any atom is -0.376 e. The molecule has 1 saturated heterocycles. The molecular formula is C7H9FN2O. The van der Waals surface area contributed by atoms with Crippen LogP contribution in [0, 0.1) is 0 Å². The monoisotopic (exact) mass is 156 g/mol. The molecule has 1 aliphatic rings. The van der Waals surface area contributed by atoms with Crippen molar-refractivity contribution in [2.24, 2.45) is 0 Å². The van der Waals surface area contributed by atoms with Crippen molar-refractivity contribution >= 4 is 0 Å². The lowest BCUT2D eigenvalue weighted by Gasteiger charge is -2.10. The summed E-state index contributed by atoms with van der Waals surface area (Å²) >= 11 is 0. The molecule has 0 aliphatic carbocycles. The second-order valence-electron chi connectivity index (χ2n) is 2.63. The van der Waals surface area contributed by atoms with Crippen LogP contribution in [0.15, 0.2) is 18.7 Å². The van der Waals surface area contributed by atoms with Crippen LogP contribution >= 0.6 is 0 Å². The normalized spacial score (nSPS) is 31.0. The Kier molecular flexibility index (Phi) is 1.62. The molecule has 0 amide bonds. The molecule has 1 aliphatic heterocycles. The van der Waals surface area contributed by atoms with E-state index in [4.69, 9.17) is 4.74 Å². The number of ether oxygens (including phenoxy) is 1. The average molecular weight is 156 g/mol. The van der Waals surface area contributed by atoms with Crippen LogP contribution in [-0.2, 0) is 4.74 Å². The van der Waals surface area contributed by atoms with Gasteiger partial charge in [-0.1, -0.05) is 0 Å². The number of hydrogen-bond donors (Lipinski definition) is 0. The molecule has 0 spiro atoms. The summed E-state index contributed by atoms with van der Waals surface area (Å²) in [4.78, 5) is 3.84. The van der Waals surface area contributed by atoms with Gasteiger partial charge in [-0.05, 0) is 0 Å². The van der Waals surface area contributed by atoms with Crippen molar-refractivity contribution in [1.29, 1.82) is 0 Å². The van der Waals surface area contributed by atoms with Gasteiger partial charge in [0, 0.05) is 12.4 Å². The van der Waals surface area contributed by atoms with Gasteiger partial charge in [-0.15, -0.1) is 0 Å². The predicted octanol–water partition coefficient (Wildman–Crippen LogP) is 0.792. The first kappa shape index (κ1) is 6.79. The van der Waals surface area contributed by atoms with Crippen LogP contribution in [0.2, 0.25) is 0 Å². The Balaban J connectivity index is 2.16. The van der Waals surface area contributed by atoms with Crippen molar-refractivity contribution < 1.29 is 9.13 Å². The topological polar surface area (TPSA) is 27.1 Å². The van der Waals surface area contributed by atoms with Crippen LogP contribution in [0.3, 0.4) is 0 Å². The van der Waals surface area contributed by atoms with Crippen molar-refractivity contribution in [2.75, 3.05) is 13.2 Å². The van der Waals surface area contributed by atoms with Gasteiger partial charge in [-0.2, -0.15) is 0 Å². The van der Waals surface area contributed by atoms with Crippen molar-refractivity contribution in [3.8, 4) is 0 Å². The van der Waals surface area contributed by atoms with Crippen LogP contribution in [0.1, 0.15) is 6.04 Å². The minimum absolute atomic E-state index is 0.169. The highest BCUT2D eigenvalue weighted by Gasteiger charge is 2.28. The highest BCUT2D eigenvalue weighted by molar-refractivity contribution is 4.86. The summed E-state index contributed by atoms with van der Waals surface area (Å²) in [6.45, 7) is 0.667. The van der Waals surface area contributed by atoms with Gasteiger partial charge < -0.3 is 9.30 Å². The van der Waals surface area contributed by atoms with E-state index >= 15 is 0 Å². The number of aromatic nitrogens is 2. The zero-order valence-corrected chi connectivity index (χ0v) is 5.98. The standard InChI is InChI=1S/C7H9FN2O/c8-6-3-11-4-7(6)10-2-1-9-5-10/h1-2,5-7H,3-4H2/t6-,7-/m1/s1. The van der Waals surface area contributed by atoms with Gasteiger partial charge in [0.1, 0.15) is 6.17 Å². The molecule has 1 aromatic rings. The molecule has 1 aromatic heterocycles. The number of halogens is 1. The molecule has 2 heterocycles. The van der Waals surface area contributed by atoms with Gasteiger partial charge in [-0.3, -0.25) is 0 Å². The van der Waals surface area contributed by atoms with E-state index in [0.717, 1.165) is 0 Å². The van der Waals surface area contributed by atoms with Crippen molar-refractivity contribution in [3.05, 3.63) is 18.7 Å². The van der Waals surface area contributed by atoms with Gasteiger partial charge in [-0.25, -0.2) is 9.37 Å². The molecule has 0 N–H and O–H groups in total. The maximum absolute atomic E-state index is 13.0. The van der Waals surface area contributed by atoms with E-state index in [1.54, 1.807) is 23.3 Å². The van der Waals surface area contributed by atoms with E-state index in [2.05, 4.69) is 4.98 Å². The van der Waals surface area contributed by atoms with E-state index < -0.39 is 6.17 Å². The second kappa shape index (κ2) is 2.62. The number of rotatable bonds is 1. The van der Waals surface area contributed by atoms with Gasteiger partial charge in [0.15, 0.2) is 0 Å². The van der Waals surface area contributed by atoms with E-state index in [9.17, 15) is 4.39 Å². The maximum Gasteiger partial charge on any atom is 0.146 e. The molecule has 0 aromatic carbocycles. The number of alkyl halides is 1. The summed E-state index contributed by atoms with van der Waals surface area (Å²) in [5.74, 6) is 0. The first-order valence-corrected chi connectivity index (χ1v) is 3.57. The van der Waals surface area contributed by atoms with E-state index in [1.807, 2.05) is 0 Å². The van der Waals surface area contributed by atoms with Gasteiger partial charge >= 0.3 is 0 Å². The van der Waals surface area contributed by atoms with E-state index in [1.165, 1.54) is 0 Å². The average Bonchev–Trinajstić information content (AvgIpc) is 2.55. The second-order valence-corrected chi connectivity index (χ2v) is 2.63. The molecular weight excluding hydrogens is 147 g/mol. The molecule has 0 radical (unpaired) electrons. The van der Waals surface area contributed by atoms with Crippen LogP contribution < -0.4 is 0 Å². The van der Waals surface area contributed by atoms with Crippen molar-refractivity contribution in [1.82, 2.24) is 9.55 Å². The maximum atomic E-state index is 13.0. The quantitative estimate of drug-likeness (QED) is 0.601. The largest absolute Gasteiger partial charge is 0.376 e. The van der Waals surface area contributed by atoms with E-state index in [0.29, 0.717) is 6.61 Å². The molecule has 4 heteroatoms. The molecule has 0 unspecified atom stereocenters. The lowest BCUT2D eigenvalue weighted by Crippen LogP contribution is -2.16. The Morgan fingerprint density at radius 1 is 1.55 bits per heavy atom. The van der Waals surface area contributed by atoms with Gasteiger partial charge in [0.2, 0.25) is 0 Å². The predicted molar refractivity (Wildman–Crippen MR) is 37.0 cm³/mol. The SMILES string of the molecule is F[C@@H]1COC[C@H]1n1ccnc1. The molecule has 2 atom stereocenters.